The number of fused-ring (bicyclic) bond motifs is 6. The lowest BCUT2D eigenvalue weighted by Crippen LogP contribution is -2.10. The Hall–Kier alpha value is -7.56. The minimum absolute atomic E-state index is 0.0111. The van der Waals surface area contributed by atoms with E-state index in [2.05, 4.69) is 268 Å². The minimum atomic E-state index is -0.0195. The molecule has 4 heteroatoms. The van der Waals surface area contributed by atoms with E-state index in [1.54, 1.807) is 0 Å². The Bertz CT molecular complexity index is 3680. The van der Waals surface area contributed by atoms with Gasteiger partial charge in [0, 0.05) is 49.4 Å². The van der Waals surface area contributed by atoms with Gasteiger partial charge in [0.2, 0.25) is 0 Å². The number of aromatic nitrogens is 4. The molecule has 72 heavy (non-hydrogen) atoms. The molecule has 0 aliphatic carbocycles. The van der Waals surface area contributed by atoms with Gasteiger partial charge in [-0.1, -0.05) is 192 Å². The van der Waals surface area contributed by atoms with Crippen LogP contribution in [0.4, 0.5) is 0 Å². The van der Waals surface area contributed by atoms with E-state index in [0.29, 0.717) is 5.82 Å². The Morgan fingerprint density at radius 3 is 1.07 bits per heavy atom. The van der Waals surface area contributed by atoms with Crippen LogP contribution in [0.1, 0.15) is 105 Å². The maximum Gasteiger partial charge on any atom is 0.160 e. The molecule has 3 aromatic heterocycles. The first kappa shape index (κ1) is 46.8. The summed E-state index contributed by atoms with van der Waals surface area (Å²) in [6.45, 7) is 27.7. The van der Waals surface area contributed by atoms with Gasteiger partial charge in [-0.25, -0.2) is 9.97 Å². The molecular formula is C68H66N4. The Morgan fingerprint density at radius 2 is 0.653 bits per heavy atom. The predicted octanol–water partition coefficient (Wildman–Crippen LogP) is 18.5. The maximum atomic E-state index is 5.38. The van der Waals surface area contributed by atoms with Crippen molar-refractivity contribution in [2.75, 3.05) is 0 Å². The third kappa shape index (κ3) is 8.31. The molecule has 0 spiro atoms. The van der Waals surface area contributed by atoms with Gasteiger partial charge in [0.15, 0.2) is 5.82 Å². The SMILES string of the molecule is CC(C)(C)c1ccc2c(c1)c1cc(C(C)(C)C)ccc1n2-c1ccccc1-c1cc(-c2cc(-c3ccccc3)nc(-c3ccccc3)n2)ccc1-n1c2ccc(C(C)(C)C)cc2c2cc(C(C)(C)C)ccc21. The number of rotatable bonds is 6. The zero-order chi connectivity index (χ0) is 50.5. The van der Waals surface area contributed by atoms with Crippen molar-refractivity contribution >= 4 is 43.6 Å². The fourth-order valence-corrected chi connectivity index (χ4v) is 10.5. The Kier molecular flexibility index (Phi) is 11.1. The molecule has 0 unspecified atom stereocenters. The second-order valence-corrected chi connectivity index (χ2v) is 24.0. The molecule has 8 aromatic carbocycles. The van der Waals surface area contributed by atoms with Crippen molar-refractivity contribution in [1.29, 1.82) is 0 Å². The van der Waals surface area contributed by atoms with E-state index in [4.69, 9.17) is 9.97 Å². The Balaban J connectivity index is 1.24. The largest absolute Gasteiger partial charge is 0.309 e. The molecule has 0 radical (unpaired) electrons. The van der Waals surface area contributed by atoms with Crippen molar-refractivity contribution in [3.05, 3.63) is 204 Å². The van der Waals surface area contributed by atoms with Crippen molar-refractivity contribution in [1.82, 2.24) is 19.1 Å². The van der Waals surface area contributed by atoms with E-state index >= 15 is 0 Å². The fraction of sp³-hybridized carbons (Fsp3) is 0.235. The van der Waals surface area contributed by atoms with Crippen molar-refractivity contribution in [3.63, 3.8) is 0 Å². The quantitative estimate of drug-likeness (QED) is 0.167. The van der Waals surface area contributed by atoms with Crippen LogP contribution in [0.3, 0.4) is 0 Å². The lowest BCUT2D eigenvalue weighted by atomic mass is 9.85. The maximum absolute atomic E-state index is 5.38. The summed E-state index contributed by atoms with van der Waals surface area (Å²) < 4.78 is 5.03. The normalized spacial score (nSPS) is 12.7. The number of benzene rings is 8. The van der Waals surface area contributed by atoms with Gasteiger partial charge >= 0.3 is 0 Å². The summed E-state index contributed by atoms with van der Waals surface area (Å²) in [6.07, 6.45) is 0. The highest BCUT2D eigenvalue weighted by atomic mass is 15.0. The molecule has 0 atom stereocenters. The summed E-state index contributed by atoms with van der Waals surface area (Å²) in [7, 11) is 0. The van der Waals surface area contributed by atoms with Crippen LogP contribution in [-0.2, 0) is 21.7 Å². The molecule has 11 rings (SSSR count). The molecule has 3 heterocycles. The summed E-state index contributed by atoms with van der Waals surface area (Å²) >= 11 is 0. The van der Waals surface area contributed by atoms with Gasteiger partial charge in [0.05, 0.1) is 44.8 Å². The van der Waals surface area contributed by atoms with Crippen LogP contribution in [-0.4, -0.2) is 19.1 Å². The topological polar surface area (TPSA) is 35.6 Å². The second-order valence-electron chi connectivity index (χ2n) is 24.0. The molecule has 11 aromatic rings. The molecule has 0 N–H and O–H groups in total. The van der Waals surface area contributed by atoms with E-state index < -0.39 is 0 Å². The van der Waals surface area contributed by atoms with Gasteiger partial charge in [0.25, 0.3) is 0 Å². The van der Waals surface area contributed by atoms with Gasteiger partial charge in [0.1, 0.15) is 0 Å². The number of para-hydroxylation sites is 1. The summed E-state index contributed by atoms with van der Waals surface area (Å²) in [5.41, 5.74) is 19.2. The summed E-state index contributed by atoms with van der Waals surface area (Å²) in [5.74, 6) is 0.694. The molecule has 0 bridgehead atoms. The predicted molar refractivity (Wildman–Crippen MR) is 307 cm³/mol. The third-order valence-electron chi connectivity index (χ3n) is 14.8. The van der Waals surface area contributed by atoms with Gasteiger partial charge in [-0.3, -0.25) is 0 Å². The van der Waals surface area contributed by atoms with Crippen LogP contribution < -0.4 is 0 Å². The molecule has 0 fully saturated rings. The standard InChI is InChI=1S/C68H66N4/c1-65(2,3)46-28-33-60-52(38-46)53-39-47(66(4,5)6)29-34-61(53)71(60)58-26-20-19-25-50(58)51-37-45(57-42-56(43-21-15-13-16-22-43)69-64(70-57)44-23-17-14-18-24-44)27-32-59(51)72-62-35-30-48(67(7,8)9)40-54(62)55-41-49(68(10,11)12)31-36-63(55)72/h13-42H,1-12H3. The van der Waals surface area contributed by atoms with E-state index in [1.165, 1.54) is 65.9 Å². The van der Waals surface area contributed by atoms with Crippen molar-refractivity contribution in [2.45, 2.75) is 105 Å². The average molecular weight is 939 g/mol. The smallest absolute Gasteiger partial charge is 0.160 e. The Morgan fingerprint density at radius 1 is 0.292 bits per heavy atom. The van der Waals surface area contributed by atoms with Gasteiger partial charge < -0.3 is 9.13 Å². The van der Waals surface area contributed by atoms with Crippen LogP contribution in [0.5, 0.6) is 0 Å². The van der Waals surface area contributed by atoms with Crippen molar-refractivity contribution in [2.24, 2.45) is 0 Å². The molecule has 0 amide bonds. The molecule has 0 saturated carbocycles. The van der Waals surface area contributed by atoms with Crippen LogP contribution in [0.15, 0.2) is 182 Å². The summed E-state index contributed by atoms with van der Waals surface area (Å²) in [4.78, 5) is 10.6. The minimum Gasteiger partial charge on any atom is -0.309 e. The highest BCUT2D eigenvalue weighted by molar-refractivity contribution is 6.12. The number of hydrogen-bond acceptors (Lipinski definition) is 2. The zero-order valence-corrected chi connectivity index (χ0v) is 44.1. The average Bonchev–Trinajstić information content (AvgIpc) is 3.87. The van der Waals surface area contributed by atoms with Gasteiger partial charge in [-0.05, 0) is 117 Å². The number of nitrogens with zero attached hydrogens (tertiary/aromatic N) is 4. The molecule has 358 valence electrons. The van der Waals surface area contributed by atoms with Gasteiger partial charge in [-0.2, -0.15) is 0 Å². The van der Waals surface area contributed by atoms with E-state index in [0.717, 1.165) is 50.6 Å². The summed E-state index contributed by atoms with van der Waals surface area (Å²) in [6, 6.07) is 67.4. The monoisotopic (exact) mass is 939 g/mol. The van der Waals surface area contributed by atoms with E-state index in [9.17, 15) is 0 Å². The highest BCUT2D eigenvalue weighted by Gasteiger charge is 2.26. The van der Waals surface area contributed by atoms with E-state index in [1.807, 2.05) is 6.07 Å². The molecule has 0 aliphatic heterocycles. The lowest BCUT2D eigenvalue weighted by molar-refractivity contribution is 0.590. The zero-order valence-electron chi connectivity index (χ0n) is 44.1. The fourth-order valence-electron chi connectivity index (χ4n) is 10.5. The van der Waals surface area contributed by atoms with Crippen LogP contribution in [0.2, 0.25) is 0 Å². The van der Waals surface area contributed by atoms with Crippen LogP contribution >= 0.6 is 0 Å². The van der Waals surface area contributed by atoms with E-state index in [-0.39, 0.29) is 21.7 Å². The van der Waals surface area contributed by atoms with Crippen LogP contribution in [0.25, 0.3) is 100 Å². The van der Waals surface area contributed by atoms with Crippen molar-refractivity contribution < 1.29 is 0 Å². The first-order chi connectivity index (χ1) is 34.2. The van der Waals surface area contributed by atoms with Crippen LogP contribution in [0, 0.1) is 0 Å². The first-order valence-electron chi connectivity index (χ1n) is 25.7. The second kappa shape index (κ2) is 17.1. The molecule has 4 nitrogen and oxygen atoms in total. The highest BCUT2D eigenvalue weighted by Crippen LogP contribution is 2.45. The number of hydrogen-bond donors (Lipinski definition) is 0. The molecule has 0 aliphatic rings. The first-order valence-corrected chi connectivity index (χ1v) is 25.7. The van der Waals surface area contributed by atoms with Crippen molar-refractivity contribution in [3.8, 4) is 56.4 Å². The van der Waals surface area contributed by atoms with Gasteiger partial charge in [-0.15, -0.1) is 0 Å². The molecule has 0 saturated heterocycles. The summed E-state index contributed by atoms with van der Waals surface area (Å²) in [5, 5.41) is 5.05. The third-order valence-corrected chi connectivity index (χ3v) is 14.8. The molecular weight excluding hydrogens is 873 g/mol. The Labute approximate surface area is 426 Å². The lowest BCUT2D eigenvalue weighted by Gasteiger charge is -2.21.